The van der Waals surface area contributed by atoms with Gasteiger partial charge in [-0.2, -0.15) is 0 Å². The Bertz CT molecular complexity index is 1440. The van der Waals surface area contributed by atoms with Gasteiger partial charge in [0.15, 0.2) is 11.5 Å². The number of hydrogen-bond donors (Lipinski definition) is 1. The molecule has 1 unspecified atom stereocenters. The van der Waals surface area contributed by atoms with Gasteiger partial charge in [-0.15, -0.1) is 0 Å². The maximum Gasteiger partial charge on any atom is 0.161 e. The Kier molecular flexibility index (Phi) is 7.23. The second-order valence-corrected chi connectivity index (χ2v) is 9.66. The Hall–Kier alpha value is -3.68. The summed E-state index contributed by atoms with van der Waals surface area (Å²) in [4.78, 5) is 2.52. The first-order chi connectivity index (χ1) is 18.1. The van der Waals surface area contributed by atoms with Crippen molar-refractivity contribution in [1.82, 2.24) is 9.47 Å². The van der Waals surface area contributed by atoms with Crippen molar-refractivity contribution >= 4 is 10.9 Å². The van der Waals surface area contributed by atoms with E-state index in [-0.39, 0.29) is 20.2 Å². The van der Waals surface area contributed by atoms with Crippen LogP contribution < -0.4 is 18.9 Å². The first-order valence-corrected chi connectivity index (χ1v) is 12.6. The van der Waals surface area contributed by atoms with Crippen molar-refractivity contribution in [3.63, 3.8) is 0 Å². The highest BCUT2D eigenvalue weighted by Gasteiger charge is 2.36. The number of aliphatic hydroxyl groups is 1. The van der Waals surface area contributed by atoms with Crippen molar-refractivity contribution in [1.29, 1.82) is 0 Å². The molecule has 0 spiro atoms. The van der Waals surface area contributed by atoms with Crippen LogP contribution >= 0.6 is 0 Å². The van der Waals surface area contributed by atoms with E-state index < -0.39 is 0 Å². The fraction of sp³-hybridized carbons (Fsp3) is 0.355. The number of methoxy groups -OCH3 is 3. The van der Waals surface area contributed by atoms with E-state index in [0.717, 1.165) is 65.4 Å². The highest BCUT2D eigenvalue weighted by molar-refractivity contribution is 5.87. The molecule has 1 aromatic heterocycles. The Morgan fingerprint density at radius 1 is 0.895 bits per heavy atom. The summed E-state index contributed by atoms with van der Waals surface area (Å²) in [6.07, 6.45) is 1.81. The second-order valence-electron chi connectivity index (χ2n) is 9.66. The molecule has 0 saturated heterocycles. The van der Waals surface area contributed by atoms with E-state index in [9.17, 15) is 5.11 Å². The molecule has 6 rings (SSSR count). The average molecular weight is 517 g/mol. The summed E-state index contributed by atoms with van der Waals surface area (Å²) < 4.78 is 24.8. The molecule has 1 atom stereocenters. The lowest BCUT2D eigenvalue weighted by Crippen LogP contribution is -2.39. The molecular formula is C31H36N2O5. The van der Waals surface area contributed by atoms with Crippen LogP contribution in [0.2, 0.25) is 0 Å². The Morgan fingerprint density at radius 2 is 1.66 bits per heavy atom. The molecule has 3 heterocycles. The third-order valence-corrected chi connectivity index (χ3v) is 7.83. The van der Waals surface area contributed by atoms with Crippen LogP contribution in [0.4, 0.5) is 0 Å². The van der Waals surface area contributed by atoms with Gasteiger partial charge in [0.2, 0.25) is 0 Å². The molecule has 0 bridgehead atoms. The lowest BCUT2D eigenvalue weighted by Gasteiger charge is -2.41. The van der Waals surface area contributed by atoms with Gasteiger partial charge >= 0.3 is 0 Å². The van der Waals surface area contributed by atoms with Gasteiger partial charge in [0.05, 0.1) is 26.8 Å². The van der Waals surface area contributed by atoms with Gasteiger partial charge in [-0.1, -0.05) is 19.6 Å². The van der Waals surface area contributed by atoms with Crippen LogP contribution in [0, 0.1) is 0 Å². The normalized spacial score (nSPS) is 16.2. The maximum absolute atomic E-state index is 10.2. The molecule has 0 saturated carbocycles. The second kappa shape index (κ2) is 10.6. The quantitative estimate of drug-likeness (QED) is 0.351. The highest BCUT2D eigenvalue weighted by atomic mass is 16.5. The number of rotatable bonds is 7. The van der Waals surface area contributed by atoms with Gasteiger partial charge in [-0.25, -0.2) is 0 Å². The van der Waals surface area contributed by atoms with Gasteiger partial charge in [-0.05, 0) is 77.6 Å². The van der Waals surface area contributed by atoms with E-state index >= 15 is 0 Å². The average Bonchev–Trinajstić information content (AvgIpc) is 3.26. The molecule has 2 aliphatic heterocycles. The first-order valence-electron chi connectivity index (χ1n) is 12.6. The summed E-state index contributed by atoms with van der Waals surface area (Å²) in [5, 5.41) is 11.3. The largest absolute Gasteiger partial charge is 0.497 e. The maximum atomic E-state index is 10.2. The van der Waals surface area contributed by atoms with E-state index in [1.54, 1.807) is 21.3 Å². The van der Waals surface area contributed by atoms with E-state index in [4.69, 9.17) is 18.9 Å². The summed E-state index contributed by atoms with van der Waals surface area (Å²) in [5.74, 6) is 3.18. The van der Waals surface area contributed by atoms with Crippen LogP contribution in [0.15, 0.2) is 54.6 Å². The van der Waals surface area contributed by atoms with Crippen molar-refractivity contribution < 1.29 is 24.1 Å². The fourth-order valence-electron chi connectivity index (χ4n) is 5.88. The molecule has 200 valence electrons. The van der Waals surface area contributed by atoms with Crippen molar-refractivity contribution in [2.75, 3.05) is 27.9 Å². The standard InChI is InChI=1S/C30H32N2O5.CH4/c1-34-21-6-4-19(5-7-21)17-37-30-12-20-10-11-31-16-28-25(14-27(31)23(20)15-29(30)36-3)24-13-22(35-2)8-9-26(24)32(28)18-33;/h4-9,12-13,15,27,33H,10-11,14,16-18H2,1-3H3;1H4. The summed E-state index contributed by atoms with van der Waals surface area (Å²) >= 11 is 0. The Balaban J connectivity index is 0.00000294. The lowest BCUT2D eigenvalue weighted by molar-refractivity contribution is 0.145. The van der Waals surface area contributed by atoms with Crippen LogP contribution in [-0.4, -0.2) is 42.4 Å². The third-order valence-electron chi connectivity index (χ3n) is 7.83. The SMILES string of the molecule is C.COc1ccc(COc2cc3c(cc2OC)C2Cc4c(n(CO)c5ccc(OC)cc45)CN2CC3)cc1. The van der Waals surface area contributed by atoms with Gasteiger partial charge in [0, 0.05) is 30.2 Å². The molecule has 2 aliphatic rings. The minimum Gasteiger partial charge on any atom is -0.497 e. The van der Waals surface area contributed by atoms with E-state index in [2.05, 4.69) is 23.1 Å². The van der Waals surface area contributed by atoms with Crippen LogP contribution in [-0.2, 0) is 32.7 Å². The number of benzene rings is 3. The molecule has 7 nitrogen and oxygen atoms in total. The monoisotopic (exact) mass is 516 g/mol. The smallest absolute Gasteiger partial charge is 0.161 e. The van der Waals surface area contributed by atoms with Gasteiger partial charge in [-0.3, -0.25) is 4.90 Å². The molecule has 0 amide bonds. The topological polar surface area (TPSA) is 65.3 Å². The van der Waals surface area contributed by atoms with Gasteiger partial charge in [0.25, 0.3) is 0 Å². The Morgan fingerprint density at radius 3 is 2.37 bits per heavy atom. The van der Waals surface area contributed by atoms with Crippen molar-refractivity contribution in [3.8, 4) is 23.0 Å². The Labute approximate surface area is 224 Å². The number of aromatic nitrogens is 1. The lowest BCUT2D eigenvalue weighted by atomic mass is 9.85. The van der Waals surface area contributed by atoms with Crippen molar-refractivity contribution in [2.24, 2.45) is 0 Å². The molecule has 7 heteroatoms. The van der Waals surface area contributed by atoms with Crippen LogP contribution in [0.3, 0.4) is 0 Å². The summed E-state index contributed by atoms with van der Waals surface area (Å²) in [6.45, 7) is 2.18. The zero-order valence-electron chi connectivity index (χ0n) is 21.5. The van der Waals surface area contributed by atoms with Crippen molar-refractivity contribution in [2.45, 2.75) is 46.2 Å². The summed E-state index contributed by atoms with van der Waals surface area (Å²) in [5.41, 5.74) is 7.19. The van der Waals surface area contributed by atoms with Crippen LogP contribution in [0.25, 0.3) is 10.9 Å². The predicted molar refractivity (Wildman–Crippen MR) is 148 cm³/mol. The highest BCUT2D eigenvalue weighted by Crippen LogP contribution is 2.45. The molecule has 4 aromatic rings. The molecular weight excluding hydrogens is 480 g/mol. The molecule has 0 fully saturated rings. The van der Waals surface area contributed by atoms with Crippen molar-refractivity contribution in [3.05, 3.63) is 82.5 Å². The molecule has 0 radical (unpaired) electrons. The predicted octanol–water partition coefficient (Wildman–Crippen LogP) is 5.49. The molecule has 0 aliphatic carbocycles. The number of fused-ring (bicyclic) bond motifs is 6. The summed E-state index contributed by atoms with van der Waals surface area (Å²) in [7, 11) is 5.05. The molecule has 38 heavy (non-hydrogen) atoms. The van der Waals surface area contributed by atoms with Crippen LogP contribution in [0.5, 0.6) is 23.0 Å². The first kappa shape index (κ1) is 25.9. The number of hydrogen-bond acceptors (Lipinski definition) is 6. The zero-order chi connectivity index (χ0) is 25.5. The zero-order valence-corrected chi connectivity index (χ0v) is 21.5. The molecule has 1 N–H and O–H groups in total. The molecule has 3 aromatic carbocycles. The van der Waals surface area contributed by atoms with Gasteiger partial charge < -0.3 is 28.6 Å². The summed E-state index contributed by atoms with van der Waals surface area (Å²) in [6, 6.07) is 18.6. The fourth-order valence-corrected chi connectivity index (χ4v) is 5.88. The van der Waals surface area contributed by atoms with Crippen LogP contribution in [0.1, 0.15) is 41.4 Å². The number of ether oxygens (including phenoxy) is 4. The van der Waals surface area contributed by atoms with Gasteiger partial charge in [0.1, 0.15) is 24.8 Å². The number of aliphatic hydroxyl groups excluding tert-OH is 1. The minimum atomic E-state index is -0.0318. The van der Waals surface area contributed by atoms with E-state index in [1.807, 2.05) is 41.0 Å². The minimum absolute atomic E-state index is 0. The number of nitrogens with zero attached hydrogens (tertiary/aromatic N) is 2. The third kappa shape index (κ3) is 4.36. The van der Waals surface area contributed by atoms with E-state index in [0.29, 0.717) is 6.61 Å². The van der Waals surface area contributed by atoms with E-state index in [1.165, 1.54) is 22.4 Å².